The van der Waals surface area contributed by atoms with Crippen molar-refractivity contribution in [2.24, 2.45) is 0 Å². The molecule has 1 saturated heterocycles. The first-order valence-electron chi connectivity index (χ1n) is 11.4. The van der Waals surface area contributed by atoms with E-state index >= 15 is 0 Å². The topological polar surface area (TPSA) is 106 Å². The first kappa shape index (κ1) is 26.0. The van der Waals surface area contributed by atoms with Gasteiger partial charge in [0, 0.05) is 36.6 Å². The quantitative estimate of drug-likeness (QED) is 0.491. The van der Waals surface area contributed by atoms with E-state index in [1.54, 1.807) is 37.5 Å². The number of hydrogen-bond acceptors (Lipinski definition) is 7. The molecule has 2 amide bonds. The molecule has 1 fully saturated rings. The molecular formula is C25H24F3N5O4. The van der Waals surface area contributed by atoms with Gasteiger partial charge < -0.3 is 20.1 Å². The van der Waals surface area contributed by atoms with Gasteiger partial charge in [-0.15, -0.1) is 13.2 Å². The van der Waals surface area contributed by atoms with Crippen molar-refractivity contribution in [2.45, 2.75) is 19.3 Å². The van der Waals surface area contributed by atoms with Crippen LogP contribution >= 0.6 is 0 Å². The Morgan fingerprint density at radius 3 is 2.51 bits per heavy atom. The molecule has 0 bridgehead atoms. The summed E-state index contributed by atoms with van der Waals surface area (Å²) in [5.74, 6) is -1.78. The van der Waals surface area contributed by atoms with Crippen molar-refractivity contribution in [3.63, 3.8) is 0 Å². The zero-order valence-electron chi connectivity index (χ0n) is 19.8. The summed E-state index contributed by atoms with van der Waals surface area (Å²) in [6.07, 6.45) is -0.237. The van der Waals surface area contributed by atoms with Gasteiger partial charge in [-0.1, -0.05) is 0 Å². The van der Waals surface area contributed by atoms with Crippen molar-refractivity contribution in [2.75, 3.05) is 36.9 Å². The maximum atomic E-state index is 13.0. The van der Waals surface area contributed by atoms with Gasteiger partial charge in [0.1, 0.15) is 0 Å². The van der Waals surface area contributed by atoms with Crippen molar-refractivity contribution in [3.8, 4) is 17.0 Å². The molecule has 2 N–H and O–H groups in total. The number of pyridine rings is 2. The SMILES string of the molecule is CC(C(=O)Nc1cc(C(=O)Nc2ccc(-c3cccnc3)nc2)ccc1OC(F)(F)F)N1CCOCC1. The average molecular weight is 515 g/mol. The highest BCUT2D eigenvalue weighted by Crippen LogP contribution is 2.32. The zero-order valence-corrected chi connectivity index (χ0v) is 19.8. The van der Waals surface area contributed by atoms with Crippen molar-refractivity contribution in [1.82, 2.24) is 14.9 Å². The largest absolute Gasteiger partial charge is 0.573 e. The van der Waals surface area contributed by atoms with Crippen LogP contribution in [0.1, 0.15) is 17.3 Å². The zero-order chi connectivity index (χ0) is 26.4. The molecule has 3 aromatic rings. The van der Waals surface area contributed by atoms with Gasteiger partial charge in [-0.25, -0.2) is 0 Å². The molecule has 9 nitrogen and oxygen atoms in total. The molecule has 0 radical (unpaired) electrons. The van der Waals surface area contributed by atoms with Crippen LogP contribution < -0.4 is 15.4 Å². The maximum absolute atomic E-state index is 13.0. The van der Waals surface area contributed by atoms with Gasteiger partial charge in [-0.05, 0) is 49.4 Å². The van der Waals surface area contributed by atoms with Crippen LogP contribution in [-0.4, -0.2) is 65.4 Å². The molecule has 4 rings (SSSR count). The Kier molecular flexibility index (Phi) is 7.99. The Hall–Kier alpha value is -4.03. The Bertz CT molecular complexity index is 1230. The fraction of sp³-hybridized carbons (Fsp3) is 0.280. The van der Waals surface area contributed by atoms with Crippen molar-refractivity contribution < 1.29 is 32.2 Å². The highest BCUT2D eigenvalue weighted by atomic mass is 19.4. The second kappa shape index (κ2) is 11.4. The maximum Gasteiger partial charge on any atom is 0.573 e. The van der Waals surface area contributed by atoms with Crippen LogP contribution in [0.25, 0.3) is 11.3 Å². The van der Waals surface area contributed by atoms with Crippen molar-refractivity contribution >= 4 is 23.2 Å². The van der Waals surface area contributed by atoms with E-state index in [2.05, 4.69) is 25.3 Å². The minimum absolute atomic E-state index is 0.0141. The Labute approximate surface area is 210 Å². The predicted octanol–water partition coefficient (Wildman–Crippen LogP) is 3.95. The summed E-state index contributed by atoms with van der Waals surface area (Å²) in [5, 5.41) is 5.11. The predicted molar refractivity (Wildman–Crippen MR) is 129 cm³/mol. The number of carbonyl (C=O) groups excluding carboxylic acids is 2. The lowest BCUT2D eigenvalue weighted by molar-refractivity contribution is -0.274. The lowest BCUT2D eigenvalue weighted by Gasteiger charge is -2.31. The third-order valence-electron chi connectivity index (χ3n) is 5.68. The molecule has 1 unspecified atom stereocenters. The van der Waals surface area contributed by atoms with Gasteiger partial charge in [-0.2, -0.15) is 0 Å². The lowest BCUT2D eigenvalue weighted by atomic mass is 10.1. The number of halogens is 3. The molecule has 194 valence electrons. The number of nitrogens with one attached hydrogen (secondary N) is 2. The summed E-state index contributed by atoms with van der Waals surface area (Å²) in [4.78, 5) is 35.8. The first-order chi connectivity index (χ1) is 17.7. The number of alkyl halides is 3. The second-order valence-corrected chi connectivity index (χ2v) is 8.20. The molecule has 0 aliphatic carbocycles. The third-order valence-corrected chi connectivity index (χ3v) is 5.68. The Balaban J connectivity index is 1.51. The fourth-order valence-electron chi connectivity index (χ4n) is 3.71. The van der Waals surface area contributed by atoms with Crippen LogP contribution in [0.2, 0.25) is 0 Å². The average Bonchev–Trinajstić information content (AvgIpc) is 2.90. The number of amides is 2. The van der Waals surface area contributed by atoms with Crippen molar-refractivity contribution in [1.29, 1.82) is 0 Å². The summed E-state index contributed by atoms with van der Waals surface area (Å²) in [5.41, 5.74) is 1.56. The highest BCUT2D eigenvalue weighted by molar-refractivity contribution is 6.06. The van der Waals surface area contributed by atoms with E-state index in [0.717, 1.165) is 17.7 Å². The van der Waals surface area contributed by atoms with Crippen LogP contribution in [0.4, 0.5) is 24.5 Å². The molecule has 1 aliphatic heterocycles. The monoisotopic (exact) mass is 515 g/mol. The van der Waals surface area contributed by atoms with E-state index in [1.807, 2.05) is 11.0 Å². The van der Waals surface area contributed by atoms with Gasteiger partial charge >= 0.3 is 6.36 Å². The smallest absolute Gasteiger partial charge is 0.404 e. The number of ether oxygens (including phenoxy) is 2. The first-order valence-corrected chi connectivity index (χ1v) is 11.4. The van der Waals surface area contributed by atoms with Gasteiger partial charge in [-0.3, -0.25) is 24.5 Å². The van der Waals surface area contributed by atoms with E-state index in [1.165, 1.54) is 12.3 Å². The molecule has 0 saturated carbocycles. The van der Waals surface area contributed by atoms with Crippen LogP contribution in [0.3, 0.4) is 0 Å². The molecule has 3 heterocycles. The van der Waals surface area contributed by atoms with Crippen LogP contribution in [0, 0.1) is 0 Å². The minimum Gasteiger partial charge on any atom is -0.404 e. The molecule has 1 aliphatic rings. The van der Waals surface area contributed by atoms with Gasteiger partial charge in [0.05, 0.1) is 42.5 Å². The van der Waals surface area contributed by atoms with Crippen LogP contribution in [-0.2, 0) is 9.53 Å². The normalized spacial score (nSPS) is 15.0. The second-order valence-electron chi connectivity index (χ2n) is 8.20. The standard InChI is InChI=1S/C25H24F3N5O4/c1-16(33-9-11-36-12-10-33)23(34)32-21-13-17(4-7-22(21)37-25(26,27)28)24(35)31-19-5-6-20(30-15-19)18-3-2-8-29-14-18/h2-8,13-16H,9-12H2,1H3,(H,31,35)(H,32,34). The number of aromatic nitrogens is 2. The number of anilines is 2. The number of carbonyl (C=O) groups is 2. The van der Waals surface area contributed by atoms with Gasteiger partial charge in [0.2, 0.25) is 5.91 Å². The summed E-state index contributed by atoms with van der Waals surface area (Å²) >= 11 is 0. The van der Waals surface area contributed by atoms with E-state index in [4.69, 9.17) is 4.74 Å². The number of rotatable bonds is 7. The third kappa shape index (κ3) is 7.02. The highest BCUT2D eigenvalue weighted by Gasteiger charge is 2.33. The number of nitrogens with zero attached hydrogens (tertiary/aromatic N) is 3. The van der Waals surface area contributed by atoms with E-state index < -0.39 is 30.0 Å². The fourth-order valence-corrected chi connectivity index (χ4v) is 3.71. The minimum atomic E-state index is -4.99. The van der Waals surface area contributed by atoms with E-state index in [0.29, 0.717) is 37.7 Å². The summed E-state index contributed by atoms with van der Waals surface area (Å²) in [6, 6.07) is 9.62. The van der Waals surface area contributed by atoms with Gasteiger partial charge in [0.15, 0.2) is 5.75 Å². The summed E-state index contributed by atoms with van der Waals surface area (Å²) in [7, 11) is 0. The number of hydrogen-bond donors (Lipinski definition) is 2. The van der Waals surface area contributed by atoms with Crippen LogP contribution in [0.15, 0.2) is 61.1 Å². The summed E-state index contributed by atoms with van der Waals surface area (Å²) < 4.78 is 48.2. The Morgan fingerprint density at radius 1 is 1.08 bits per heavy atom. The molecular weight excluding hydrogens is 491 g/mol. The summed E-state index contributed by atoms with van der Waals surface area (Å²) in [6.45, 7) is 3.57. The molecule has 1 atom stereocenters. The molecule has 0 spiro atoms. The number of morpholine rings is 1. The Morgan fingerprint density at radius 2 is 1.86 bits per heavy atom. The van der Waals surface area contributed by atoms with E-state index in [9.17, 15) is 22.8 Å². The van der Waals surface area contributed by atoms with E-state index in [-0.39, 0.29) is 11.3 Å². The molecule has 12 heteroatoms. The molecule has 37 heavy (non-hydrogen) atoms. The van der Waals surface area contributed by atoms with Crippen LogP contribution in [0.5, 0.6) is 5.75 Å². The van der Waals surface area contributed by atoms with Crippen molar-refractivity contribution in [3.05, 3.63) is 66.6 Å². The van der Waals surface area contributed by atoms with Gasteiger partial charge in [0.25, 0.3) is 5.91 Å². The molecule has 1 aromatic carbocycles. The lowest BCUT2D eigenvalue weighted by Crippen LogP contribution is -2.47. The number of benzene rings is 1. The molecule has 2 aromatic heterocycles.